The van der Waals surface area contributed by atoms with Crippen molar-refractivity contribution in [2.45, 2.75) is 6.92 Å². The van der Waals surface area contributed by atoms with Crippen LogP contribution in [0.25, 0.3) is 0 Å². The van der Waals surface area contributed by atoms with Gasteiger partial charge in [0, 0.05) is 31.9 Å². The molecule has 0 spiro atoms. The lowest BCUT2D eigenvalue weighted by molar-refractivity contribution is 0.0571. The van der Waals surface area contributed by atoms with E-state index in [1.807, 2.05) is 0 Å². The Bertz CT molecular complexity index is 539. The summed E-state index contributed by atoms with van der Waals surface area (Å²) in [5.74, 6) is -0.246. The number of amides is 2. The van der Waals surface area contributed by atoms with Crippen LogP contribution >= 0.6 is 0 Å². The zero-order valence-corrected chi connectivity index (χ0v) is 11.9. The lowest BCUT2D eigenvalue weighted by atomic mass is 10.1. The van der Waals surface area contributed by atoms with Crippen molar-refractivity contribution in [1.82, 2.24) is 9.80 Å². The van der Waals surface area contributed by atoms with Gasteiger partial charge in [-0.1, -0.05) is 0 Å². The number of rotatable bonds is 2. The molecule has 1 aromatic carbocycles. The Kier molecular flexibility index (Phi) is 4.52. The van der Waals surface area contributed by atoms with Crippen molar-refractivity contribution in [1.29, 1.82) is 0 Å². The first-order valence-corrected chi connectivity index (χ1v) is 6.82. The van der Waals surface area contributed by atoms with Gasteiger partial charge < -0.3 is 25.4 Å². The molecule has 114 valence electrons. The number of nitrogens with two attached hydrogens (primary N) is 1. The van der Waals surface area contributed by atoms with Crippen LogP contribution in [0.3, 0.4) is 0 Å². The van der Waals surface area contributed by atoms with Crippen LogP contribution in [0.4, 0.5) is 10.5 Å². The van der Waals surface area contributed by atoms with E-state index in [-0.39, 0.29) is 23.3 Å². The summed E-state index contributed by atoms with van der Waals surface area (Å²) >= 11 is 0. The first kappa shape index (κ1) is 15.0. The summed E-state index contributed by atoms with van der Waals surface area (Å²) in [5, 5.41) is 9.46. The molecule has 1 fully saturated rings. The van der Waals surface area contributed by atoms with Crippen molar-refractivity contribution < 1.29 is 19.4 Å². The van der Waals surface area contributed by atoms with Gasteiger partial charge in [0.2, 0.25) is 0 Å². The number of nitrogen functional groups attached to an aromatic ring is 1. The summed E-state index contributed by atoms with van der Waals surface area (Å²) in [6, 6.07) is 4.29. The monoisotopic (exact) mass is 293 g/mol. The maximum Gasteiger partial charge on any atom is 0.409 e. The Balaban J connectivity index is 2.00. The minimum atomic E-state index is -0.360. The third-order valence-corrected chi connectivity index (χ3v) is 3.36. The number of carbonyl (C=O) groups is 2. The number of phenols is 1. The molecule has 7 nitrogen and oxygen atoms in total. The number of hydrogen-bond acceptors (Lipinski definition) is 5. The minimum Gasteiger partial charge on any atom is -0.508 e. The zero-order valence-electron chi connectivity index (χ0n) is 11.9. The van der Waals surface area contributed by atoms with Gasteiger partial charge in [-0.05, 0) is 25.1 Å². The van der Waals surface area contributed by atoms with E-state index in [9.17, 15) is 14.7 Å². The second-order valence-electron chi connectivity index (χ2n) is 4.75. The number of phenolic OH excluding ortho intramolecular Hbond substituents is 1. The van der Waals surface area contributed by atoms with Crippen molar-refractivity contribution >= 4 is 17.7 Å². The number of anilines is 1. The molecule has 0 aromatic heterocycles. The molecule has 7 heteroatoms. The molecule has 1 saturated heterocycles. The fraction of sp³-hybridized carbons (Fsp3) is 0.429. The summed E-state index contributed by atoms with van der Waals surface area (Å²) in [4.78, 5) is 27.1. The van der Waals surface area contributed by atoms with Crippen LogP contribution in [0.15, 0.2) is 18.2 Å². The second-order valence-corrected chi connectivity index (χ2v) is 4.75. The van der Waals surface area contributed by atoms with E-state index < -0.39 is 0 Å². The van der Waals surface area contributed by atoms with Crippen LogP contribution in [0.5, 0.6) is 5.75 Å². The van der Waals surface area contributed by atoms with Crippen molar-refractivity contribution in [3.05, 3.63) is 23.8 Å². The fourth-order valence-corrected chi connectivity index (χ4v) is 2.21. The average Bonchev–Trinajstić information content (AvgIpc) is 2.49. The van der Waals surface area contributed by atoms with E-state index in [1.54, 1.807) is 16.7 Å². The first-order valence-electron chi connectivity index (χ1n) is 6.82. The normalized spacial score (nSPS) is 14.9. The van der Waals surface area contributed by atoms with E-state index in [0.29, 0.717) is 38.5 Å². The van der Waals surface area contributed by atoms with Crippen LogP contribution in [0.2, 0.25) is 0 Å². The van der Waals surface area contributed by atoms with Crippen molar-refractivity contribution in [2.75, 3.05) is 38.5 Å². The molecule has 0 radical (unpaired) electrons. The molecule has 0 saturated carbocycles. The molecule has 1 aliphatic heterocycles. The SMILES string of the molecule is CCOC(=O)N1CCN(C(=O)c2cc(O)ccc2N)CC1. The van der Waals surface area contributed by atoms with Gasteiger partial charge in [-0.2, -0.15) is 0 Å². The molecule has 0 atom stereocenters. The molecule has 0 aliphatic carbocycles. The number of hydrogen-bond donors (Lipinski definition) is 2. The predicted molar refractivity (Wildman–Crippen MR) is 77.0 cm³/mol. The van der Waals surface area contributed by atoms with E-state index in [1.165, 1.54) is 18.2 Å². The van der Waals surface area contributed by atoms with Gasteiger partial charge in [0.25, 0.3) is 5.91 Å². The van der Waals surface area contributed by atoms with E-state index >= 15 is 0 Å². The van der Waals surface area contributed by atoms with Gasteiger partial charge in [0.15, 0.2) is 0 Å². The van der Waals surface area contributed by atoms with Crippen LogP contribution in [0.1, 0.15) is 17.3 Å². The Morgan fingerprint density at radius 2 is 1.86 bits per heavy atom. The standard InChI is InChI=1S/C14H19N3O4/c1-2-21-14(20)17-7-5-16(6-8-17)13(19)11-9-10(18)3-4-12(11)15/h3-4,9,18H,2,5-8,15H2,1H3. The lowest BCUT2D eigenvalue weighted by Crippen LogP contribution is -2.50. The highest BCUT2D eigenvalue weighted by atomic mass is 16.6. The van der Waals surface area contributed by atoms with Gasteiger partial charge in [0.1, 0.15) is 5.75 Å². The fourth-order valence-electron chi connectivity index (χ4n) is 2.21. The molecule has 2 amide bonds. The van der Waals surface area contributed by atoms with Crippen molar-refractivity contribution in [3.63, 3.8) is 0 Å². The maximum absolute atomic E-state index is 12.4. The van der Waals surface area contributed by atoms with E-state index in [0.717, 1.165) is 0 Å². The van der Waals surface area contributed by atoms with Gasteiger partial charge in [-0.15, -0.1) is 0 Å². The highest BCUT2D eigenvalue weighted by Crippen LogP contribution is 2.21. The van der Waals surface area contributed by atoms with Crippen LogP contribution in [-0.4, -0.2) is 59.7 Å². The molecular weight excluding hydrogens is 274 g/mol. The molecule has 21 heavy (non-hydrogen) atoms. The summed E-state index contributed by atoms with van der Waals surface area (Å²) < 4.78 is 4.93. The largest absolute Gasteiger partial charge is 0.508 e. The number of ether oxygens (including phenoxy) is 1. The van der Waals surface area contributed by atoms with Gasteiger partial charge >= 0.3 is 6.09 Å². The summed E-state index contributed by atoms with van der Waals surface area (Å²) in [5.41, 5.74) is 6.37. The Hall–Kier alpha value is -2.44. The molecule has 0 unspecified atom stereocenters. The van der Waals surface area contributed by atoms with E-state index in [4.69, 9.17) is 10.5 Å². The predicted octanol–water partition coefficient (Wildman–Crippen LogP) is 0.889. The lowest BCUT2D eigenvalue weighted by Gasteiger charge is -2.34. The zero-order chi connectivity index (χ0) is 15.4. The number of nitrogens with zero attached hydrogens (tertiary/aromatic N) is 2. The molecule has 1 aromatic rings. The molecule has 1 aliphatic rings. The molecule has 1 heterocycles. The Morgan fingerprint density at radius 3 is 2.48 bits per heavy atom. The third kappa shape index (κ3) is 3.36. The smallest absolute Gasteiger partial charge is 0.409 e. The summed E-state index contributed by atoms with van der Waals surface area (Å²) in [7, 11) is 0. The molecule has 3 N–H and O–H groups in total. The van der Waals surface area contributed by atoms with Crippen molar-refractivity contribution in [3.8, 4) is 5.75 Å². The van der Waals surface area contributed by atoms with Crippen molar-refractivity contribution in [2.24, 2.45) is 0 Å². The number of piperazine rings is 1. The second kappa shape index (κ2) is 6.34. The summed E-state index contributed by atoms with van der Waals surface area (Å²) in [6.45, 7) is 3.74. The minimum absolute atomic E-state index is 0.00212. The third-order valence-electron chi connectivity index (χ3n) is 3.36. The molecule has 2 rings (SSSR count). The maximum atomic E-state index is 12.4. The Labute approximate surface area is 122 Å². The molecule has 0 bridgehead atoms. The molecular formula is C14H19N3O4. The van der Waals surface area contributed by atoms with Crippen LogP contribution < -0.4 is 5.73 Å². The topological polar surface area (TPSA) is 96.1 Å². The van der Waals surface area contributed by atoms with Crippen LogP contribution in [0, 0.1) is 0 Å². The quantitative estimate of drug-likeness (QED) is 0.623. The number of benzene rings is 1. The average molecular weight is 293 g/mol. The van der Waals surface area contributed by atoms with Crippen LogP contribution in [-0.2, 0) is 4.74 Å². The Morgan fingerprint density at radius 1 is 1.24 bits per heavy atom. The van der Waals surface area contributed by atoms with Gasteiger partial charge in [0.05, 0.1) is 12.2 Å². The van der Waals surface area contributed by atoms with Gasteiger partial charge in [-0.3, -0.25) is 4.79 Å². The number of carbonyl (C=O) groups excluding carboxylic acids is 2. The number of aromatic hydroxyl groups is 1. The van der Waals surface area contributed by atoms with Gasteiger partial charge in [-0.25, -0.2) is 4.79 Å². The highest BCUT2D eigenvalue weighted by Gasteiger charge is 2.26. The summed E-state index contributed by atoms with van der Waals surface area (Å²) in [6.07, 6.45) is -0.360. The first-order chi connectivity index (χ1) is 10.0. The highest BCUT2D eigenvalue weighted by molar-refractivity contribution is 5.99. The van der Waals surface area contributed by atoms with E-state index in [2.05, 4.69) is 0 Å².